The highest BCUT2D eigenvalue weighted by Gasteiger charge is 2.11. The summed E-state index contributed by atoms with van der Waals surface area (Å²) in [4.78, 5) is 15.8. The molecular weight excluding hydrogens is 224 g/mol. The molecule has 0 aliphatic heterocycles. The molecule has 0 bridgehead atoms. The minimum atomic E-state index is -0.798. The Bertz CT molecular complexity index is 363. The summed E-state index contributed by atoms with van der Waals surface area (Å²) < 4.78 is 0. The largest absolute Gasteiger partial charge is 0.481 e. The molecular formula is C11H18N2O2S. The molecule has 1 heterocycles. The van der Waals surface area contributed by atoms with Crippen molar-refractivity contribution in [2.24, 2.45) is 0 Å². The van der Waals surface area contributed by atoms with Gasteiger partial charge in [-0.1, -0.05) is 6.92 Å². The quantitative estimate of drug-likeness (QED) is 0.800. The highest BCUT2D eigenvalue weighted by atomic mass is 32.1. The van der Waals surface area contributed by atoms with Gasteiger partial charge in [0.05, 0.1) is 12.1 Å². The van der Waals surface area contributed by atoms with E-state index in [0.717, 1.165) is 28.5 Å². The van der Waals surface area contributed by atoms with Gasteiger partial charge in [0.1, 0.15) is 5.01 Å². The number of aromatic nitrogens is 1. The van der Waals surface area contributed by atoms with Gasteiger partial charge in [0.25, 0.3) is 0 Å². The Kier molecular flexibility index (Phi) is 4.89. The summed E-state index contributed by atoms with van der Waals surface area (Å²) >= 11 is 1.49. The van der Waals surface area contributed by atoms with Crippen LogP contribution in [0.1, 0.15) is 35.8 Å². The fraction of sp³-hybridized carbons (Fsp3) is 0.636. The second-order valence-corrected chi connectivity index (χ2v) is 5.05. The smallest absolute Gasteiger partial charge is 0.308 e. The monoisotopic (exact) mass is 242 g/mol. The van der Waals surface area contributed by atoms with Crippen LogP contribution in [0, 0.1) is 6.92 Å². The fourth-order valence-corrected chi connectivity index (χ4v) is 2.28. The van der Waals surface area contributed by atoms with Gasteiger partial charge in [0.2, 0.25) is 0 Å². The first-order valence-corrected chi connectivity index (χ1v) is 6.25. The molecule has 0 fully saturated rings. The molecule has 0 aliphatic carbocycles. The Balaban J connectivity index is 2.58. The molecule has 2 N–H and O–H groups in total. The first kappa shape index (κ1) is 13.1. The van der Waals surface area contributed by atoms with Crippen molar-refractivity contribution in [2.75, 3.05) is 0 Å². The molecule has 0 spiro atoms. The Hall–Kier alpha value is -0.940. The zero-order valence-corrected chi connectivity index (χ0v) is 10.7. The molecule has 0 radical (unpaired) electrons. The summed E-state index contributed by atoms with van der Waals surface area (Å²) in [7, 11) is 0. The van der Waals surface area contributed by atoms with Crippen LogP contribution in [0.5, 0.6) is 0 Å². The summed E-state index contributed by atoms with van der Waals surface area (Å²) in [5.74, 6) is -0.798. The van der Waals surface area contributed by atoms with Crippen LogP contribution < -0.4 is 5.32 Å². The average molecular weight is 242 g/mol. The number of hydrogen-bond acceptors (Lipinski definition) is 4. The van der Waals surface area contributed by atoms with Gasteiger partial charge in [0, 0.05) is 17.5 Å². The zero-order chi connectivity index (χ0) is 12.1. The van der Waals surface area contributed by atoms with E-state index < -0.39 is 5.97 Å². The van der Waals surface area contributed by atoms with Gasteiger partial charge in [-0.25, -0.2) is 4.98 Å². The summed E-state index contributed by atoms with van der Waals surface area (Å²) in [6.07, 6.45) is 1.15. The molecule has 4 nitrogen and oxygen atoms in total. The van der Waals surface area contributed by atoms with Gasteiger partial charge in [0.15, 0.2) is 0 Å². The van der Waals surface area contributed by atoms with E-state index >= 15 is 0 Å². The molecule has 1 aromatic rings. The lowest BCUT2D eigenvalue weighted by Gasteiger charge is -2.08. The zero-order valence-electron chi connectivity index (χ0n) is 9.91. The third kappa shape index (κ3) is 3.90. The van der Waals surface area contributed by atoms with Crippen LogP contribution in [0.2, 0.25) is 0 Å². The molecule has 1 rings (SSSR count). The van der Waals surface area contributed by atoms with Gasteiger partial charge in [-0.05, 0) is 20.3 Å². The van der Waals surface area contributed by atoms with Crippen molar-refractivity contribution in [1.29, 1.82) is 0 Å². The van der Waals surface area contributed by atoms with Crippen molar-refractivity contribution in [2.45, 2.75) is 46.2 Å². The maximum Gasteiger partial charge on any atom is 0.308 e. The summed E-state index contributed by atoms with van der Waals surface area (Å²) in [6.45, 7) is 6.83. The maximum atomic E-state index is 10.6. The number of carboxylic acids is 1. The average Bonchev–Trinajstić information content (AvgIpc) is 2.55. The van der Waals surface area contributed by atoms with Crippen LogP contribution in [-0.2, 0) is 17.8 Å². The minimum absolute atomic E-state index is 0.0762. The van der Waals surface area contributed by atoms with E-state index in [0.29, 0.717) is 6.04 Å². The Morgan fingerprint density at radius 3 is 2.88 bits per heavy atom. The second kappa shape index (κ2) is 5.96. The van der Waals surface area contributed by atoms with E-state index in [1.165, 1.54) is 11.3 Å². The highest BCUT2D eigenvalue weighted by molar-refractivity contribution is 7.11. The number of rotatable bonds is 6. The predicted molar refractivity (Wildman–Crippen MR) is 64.8 cm³/mol. The van der Waals surface area contributed by atoms with Crippen molar-refractivity contribution in [3.05, 3.63) is 15.6 Å². The summed E-state index contributed by atoms with van der Waals surface area (Å²) in [5.41, 5.74) is 0.841. The Labute approximate surface area is 99.7 Å². The van der Waals surface area contributed by atoms with E-state index in [1.54, 1.807) is 0 Å². The Morgan fingerprint density at radius 2 is 2.31 bits per heavy atom. The number of carboxylic acid groups (broad SMARTS) is 1. The maximum absolute atomic E-state index is 10.6. The second-order valence-electron chi connectivity index (χ2n) is 3.88. The number of hydrogen-bond donors (Lipinski definition) is 2. The van der Waals surface area contributed by atoms with Gasteiger partial charge in [-0.15, -0.1) is 11.3 Å². The number of carbonyl (C=O) groups is 1. The molecule has 1 aromatic heterocycles. The SMILES string of the molecule is CCC(C)NCc1nc(C)c(CC(=O)O)s1. The van der Waals surface area contributed by atoms with Crippen molar-refractivity contribution >= 4 is 17.3 Å². The first-order valence-electron chi connectivity index (χ1n) is 5.43. The molecule has 0 aliphatic rings. The van der Waals surface area contributed by atoms with Crippen LogP contribution in [-0.4, -0.2) is 22.1 Å². The lowest BCUT2D eigenvalue weighted by Crippen LogP contribution is -2.24. The first-order chi connectivity index (χ1) is 7.52. The fourth-order valence-electron chi connectivity index (χ4n) is 1.27. The van der Waals surface area contributed by atoms with Crippen molar-refractivity contribution in [1.82, 2.24) is 10.3 Å². The van der Waals surface area contributed by atoms with Crippen molar-refractivity contribution in [3.8, 4) is 0 Å². The molecule has 0 saturated heterocycles. The molecule has 16 heavy (non-hydrogen) atoms. The van der Waals surface area contributed by atoms with Crippen LogP contribution in [0.15, 0.2) is 0 Å². The minimum Gasteiger partial charge on any atom is -0.481 e. The third-order valence-corrected chi connectivity index (χ3v) is 3.62. The van der Waals surface area contributed by atoms with Gasteiger partial charge in [-0.2, -0.15) is 0 Å². The van der Waals surface area contributed by atoms with Gasteiger partial charge in [-0.3, -0.25) is 4.79 Å². The van der Waals surface area contributed by atoms with E-state index in [4.69, 9.17) is 5.11 Å². The normalized spacial score (nSPS) is 12.7. The third-order valence-electron chi connectivity index (χ3n) is 2.46. The van der Waals surface area contributed by atoms with Crippen molar-refractivity contribution < 1.29 is 9.90 Å². The van der Waals surface area contributed by atoms with Crippen LogP contribution in [0.3, 0.4) is 0 Å². The number of nitrogens with zero attached hydrogens (tertiary/aromatic N) is 1. The van der Waals surface area contributed by atoms with Crippen LogP contribution in [0.4, 0.5) is 0 Å². The van der Waals surface area contributed by atoms with Gasteiger partial charge >= 0.3 is 5.97 Å². The topological polar surface area (TPSA) is 62.2 Å². The summed E-state index contributed by atoms with van der Waals surface area (Å²) in [5, 5.41) is 13.0. The molecule has 1 unspecified atom stereocenters. The molecule has 0 aromatic carbocycles. The molecule has 90 valence electrons. The van der Waals surface area contributed by atoms with E-state index in [1.807, 2.05) is 6.92 Å². The highest BCUT2D eigenvalue weighted by Crippen LogP contribution is 2.18. The van der Waals surface area contributed by atoms with Crippen LogP contribution >= 0.6 is 11.3 Å². The molecule has 0 amide bonds. The lowest BCUT2D eigenvalue weighted by molar-refractivity contribution is -0.136. The van der Waals surface area contributed by atoms with Gasteiger partial charge < -0.3 is 10.4 Å². The van der Waals surface area contributed by atoms with Crippen LogP contribution in [0.25, 0.3) is 0 Å². The number of nitrogens with one attached hydrogen (secondary N) is 1. The summed E-state index contributed by atoms with van der Waals surface area (Å²) in [6, 6.07) is 0.465. The predicted octanol–water partition coefficient (Wildman–Crippen LogP) is 1.97. The number of thiazole rings is 1. The number of aliphatic carboxylic acids is 1. The van der Waals surface area contributed by atoms with E-state index in [-0.39, 0.29) is 6.42 Å². The van der Waals surface area contributed by atoms with E-state index in [9.17, 15) is 4.79 Å². The molecule has 5 heteroatoms. The van der Waals surface area contributed by atoms with Crippen molar-refractivity contribution in [3.63, 3.8) is 0 Å². The lowest BCUT2D eigenvalue weighted by atomic mass is 10.3. The molecule has 1 atom stereocenters. The number of aryl methyl sites for hydroxylation is 1. The standard InChI is InChI=1S/C11H18N2O2S/c1-4-7(2)12-6-10-13-8(3)9(16-10)5-11(14)15/h7,12H,4-6H2,1-3H3,(H,14,15). The van der Waals surface area contributed by atoms with E-state index in [2.05, 4.69) is 24.1 Å². The Morgan fingerprint density at radius 1 is 1.62 bits per heavy atom. The molecule has 0 saturated carbocycles.